The van der Waals surface area contributed by atoms with Crippen molar-refractivity contribution in [3.05, 3.63) is 160 Å². The van der Waals surface area contributed by atoms with Crippen molar-refractivity contribution >= 4 is 35.7 Å². The van der Waals surface area contributed by atoms with Gasteiger partial charge in [0.1, 0.15) is 13.4 Å². The van der Waals surface area contributed by atoms with E-state index in [0.29, 0.717) is 12.1 Å². The van der Waals surface area contributed by atoms with E-state index in [1.165, 1.54) is 5.56 Å². The predicted octanol–water partition coefficient (Wildman–Crippen LogP) is 7.37. The summed E-state index contributed by atoms with van der Waals surface area (Å²) in [6.45, 7) is 2.02. The summed E-state index contributed by atoms with van der Waals surface area (Å²) in [6, 6.07) is 37.8. The van der Waals surface area contributed by atoms with Crippen molar-refractivity contribution in [3.63, 3.8) is 0 Å². The Hall–Kier alpha value is -5.57. The van der Waals surface area contributed by atoms with Gasteiger partial charge in [0.25, 0.3) is 5.91 Å². The van der Waals surface area contributed by atoms with Gasteiger partial charge in [0.05, 0.1) is 11.1 Å². The Kier molecular flexibility index (Phi) is 11.1. The molecule has 8 nitrogen and oxygen atoms in total. The number of hydrogen-bond acceptors (Lipinski definition) is 6. The minimum absolute atomic E-state index is 0.0230. The number of aromatic carboxylic acids is 1. The van der Waals surface area contributed by atoms with Crippen molar-refractivity contribution in [2.75, 3.05) is 10.6 Å². The minimum Gasteiger partial charge on any atom is -0.478 e. The molecule has 0 unspecified atom stereocenters. The molecule has 0 aliphatic rings. The maximum Gasteiger partial charge on any atom is 0.336 e. The van der Waals surface area contributed by atoms with Crippen LogP contribution in [0.3, 0.4) is 0 Å². The number of nitrogens with one attached hydrogen (secondary N) is 2. The van der Waals surface area contributed by atoms with Crippen molar-refractivity contribution in [1.82, 2.24) is 0 Å². The number of rotatable bonds is 11. The van der Waals surface area contributed by atoms with Crippen LogP contribution in [0.5, 0.6) is 0 Å². The highest BCUT2D eigenvalue weighted by Gasteiger charge is 2.18. The second-order valence-corrected chi connectivity index (χ2v) is 9.93. The van der Waals surface area contributed by atoms with Crippen LogP contribution >= 0.6 is 0 Å². The van der Waals surface area contributed by atoms with Gasteiger partial charge < -0.3 is 20.5 Å². The lowest BCUT2D eigenvalue weighted by Crippen LogP contribution is -2.17. The molecule has 0 bridgehead atoms. The summed E-state index contributed by atoms with van der Waals surface area (Å²) >= 11 is 0. The molecule has 1 amide bonds. The highest BCUT2D eigenvalue weighted by atomic mass is 17.1. The Bertz CT molecular complexity index is 1690. The van der Waals surface area contributed by atoms with E-state index in [4.69, 9.17) is 10.1 Å². The second-order valence-electron chi connectivity index (χ2n) is 9.93. The van der Waals surface area contributed by atoms with Gasteiger partial charge in [-0.1, -0.05) is 78.9 Å². The van der Waals surface area contributed by atoms with Crippen molar-refractivity contribution in [1.29, 1.82) is 0 Å². The molecular formula is C36H32N2O6. The largest absolute Gasteiger partial charge is 0.478 e. The lowest BCUT2D eigenvalue weighted by Gasteiger charge is -2.14. The molecule has 0 saturated heterocycles. The van der Waals surface area contributed by atoms with E-state index in [1.54, 1.807) is 42.5 Å². The van der Waals surface area contributed by atoms with Crippen molar-refractivity contribution < 1.29 is 29.6 Å². The van der Waals surface area contributed by atoms with Crippen LogP contribution in [0, 0.1) is 0 Å². The topological polar surface area (TPSA) is 125 Å². The summed E-state index contributed by atoms with van der Waals surface area (Å²) in [5, 5.41) is 25.0. The van der Waals surface area contributed by atoms with Crippen molar-refractivity contribution in [3.8, 4) is 0 Å². The fraction of sp³-hybridized carbons (Fsp3) is 0.0833. The molecule has 5 aromatic rings. The van der Waals surface area contributed by atoms with Gasteiger partial charge in [0.2, 0.25) is 0 Å². The first-order valence-corrected chi connectivity index (χ1v) is 13.8. The zero-order chi connectivity index (χ0) is 31.3. The quantitative estimate of drug-likeness (QED) is 0.0938. The van der Waals surface area contributed by atoms with Crippen LogP contribution < -0.4 is 10.6 Å². The second kappa shape index (κ2) is 15.6. The van der Waals surface area contributed by atoms with Gasteiger partial charge in [-0.25, -0.2) is 9.68 Å². The number of carbonyl (C=O) groups is 3. The summed E-state index contributed by atoms with van der Waals surface area (Å²) in [5.41, 5.74) is 7.03. The Morgan fingerprint density at radius 2 is 1.18 bits per heavy atom. The molecule has 0 radical (unpaired) electrons. The third-order valence-corrected chi connectivity index (χ3v) is 6.87. The smallest absolute Gasteiger partial charge is 0.336 e. The van der Waals surface area contributed by atoms with Crippen LogP contribution in [0.25, 0.3) is 0 Å². The molecule has 0 aromatic heterocycles. The molecule has 44 heavy (non-hydrogen) atoms. The molecule has 0 heterocycles. The molecular weight excluding hydrogens is 556 g/mol. The zero-order valence-corrected chi connectivity index (χ0v) is 23.9. The van der Waals surface area contributed by atoms with Crippen molar-refractivity contribution in [2.45, 2.75) is 19.4 Å². The average molecular weight is 589 g/mol. The van der Waals surface area contributed by atoms with Gasteiger partial charge >= 0.3 is 5.97 Å². The lowest BCUT2D eigenvalue weighted by atomic mass is 9.98. The third-order valence-electron chi connectivity index (χ3n) is 6.87. The van der Waals surface area contributed by atoms with E-state index in [0.717, 1.165) is 40.0 Å². The standard InChI is InChI=1S/C35H30N2O5.CH2O/c38-34(31-17-11-27(22-32(31)35(39)40)20-25-9-5-2-6-10-25)37-30-15-13-29(14-16-30)36-33-18-12-26(21-28(33)23-42-41)19-24-7-3-1-4-8-24;1-2/h1-18,21-22,36,41H,19-20,23H2,(H,37,38)(H,39,40);1H2. The van der Waals surface area contributed by atoms with E-state index in [1.807, 2.05) is 73.5 Å². The number of carboxylic acids is 1. The molecule has 5 rings (SSSR count). The summed E-state index contributed by atoms with van der Waals surface area (Å²) in [4.78, 5) is 37.5. The first-order valence-electron chi connectivity index (χ1n) is 13.8. The fourth-order valence-electron chi connectivity index (χ4n) is 4.80. The van der Waals surface area contributed by atoms with E-state index in [2.05, 4.69) is 27.7 Å². The molecule has 8 heteroatoms. The highest BCUT2D eigenvalue weighted by Crippen LogP contribution is 2.26. The Balaban J connectivity index is 0.00000216. The molecule has 0 fully saturated rings. The molecule has 5 aromatic carbocycles. The molecule has 0 atom stereocenters. The number of hydrogen-bond donors (Lipinski definition) is 4. The summed E-state index contributed by atoms with van der Waals surface area (Å²) in [6.07, 6.45) is 1.33. The molecule has 4 N–H and O–H groups in total. The minimum atomic E-state index is -1.16. The Morgan fingerprint density at radius 1 is 0.636 bits per heavy atom. The number of amides is 1. The maximum atomic E-state index is 13.0. The molecule has 0 aliphatic carbocycles. The van der Waals surface area contributed by atoms with Gasteiger partial charge in [-0.05, 0) is 77.6 Å². The molecule has 0 spiro atoms. The predicted molar refractivity (Wildman–Crippen MR) is 171 cm³/mol. The van der Waals surface area contributed by atoms with Gasteiger partial charge in [-0.3, -0.25) is 10.1 Å². The number of carboxylic acid groups (broad SMARTS) is 1. The van der Waals surface area contributed by atoms with Gasteiger partial charge in [-0.2, -0.15) is 0 Å². The van der Waals surface area contributed by atoms with Gasteiger partial charge in [-0.15, -0.1) is 0 Å². The normalized spacial score (nSPS) is 10.3. The summed E-state index contributed by atoms with van der Waals surface area (Å²) in [5.74, 6) is -1.66. The van der Waals surface area contributed by atoms with E-state index >= 15 is 0 Å². The van der Waals surface area contributed by atoms with Crippen molar-refractivity contribution in [2.24, 2.45) is 0 Å². The molecule has 0 aliphatic heterocycles. The molecule has 0 saturated carbocycles. The first kappa shape index (κ1) is 31.4. The van der Waals surface area contributed by atoms with E-state index < -0.39 is 11.9 Å². The Labute approximate surface area is 255 Å². The molecule has 222 valence electrons. The lowest BCUT2D eigenvalue weighted by molar-refractivity contribution is -0.252. The fourth-order valence-corrected chi connectivity index (χ4v) is 4.80. The van der Waals surface area contributed by atoms with E-state index in [-0.39, 0.29) is 17.7 Å². The van der Waals surface area contributed by atoms with Crippen LogP contribution in [0.4, 0.5) is 17.1 Å². The third kappa shape index (κ3) is 8.48. The number of carbonyl (C=O) groups excluding carboxylic acids is 2. The summed E-state index contributed by atoms with van der Waals surface area (Å²) in [7, 11) is 0. The monoisotopic (exact) mass is 588 g/mol. The van der Waals surface area contributed by atoms with Gasteiger partial charge in [0.15, 0.2) is 0 Å². The first-order chi connectivity index (χ1) is 21.5. The van der Waals surface area contributed by atoms with Crippen LogP contribution in [-0.2, 0) is 29.1 Å². The SMILES string of the molecule is C=O.O=C(O)c1cc(Cc2ccccc2)ccc1C(=O)Nc1ccc(Nc2ccc(Cc3ccccc3)cc2COO)cc1. The number of anilines is 3. The Morgan fingerprint density at radius 3 is 1.75 bits per heavy atom. The van der Waals surface area contributed by atoms with Crippen LogP contribution in [0.2, 0.25) is 0 Å². The highest BCUT2D eigenvalue weighted by molar-refractivity contribution is 6.10. The van der Waals surface area contributed by atoms with Crippen LogP contribution in [0.15, 0.2) is 121 Å². The van der Waals surface area contributed by atoms with E-state index in [9.17, 15) is 14.7 Å². The van der Waals surface area contributed by atoms with Gasteiger partial charge in [0, 0.05) is 22.6 Å². The number of benzene rings is 5. The maximum absolute atomic E-state index is 13.0. The summed E-state index contributed by atoms with van der Waals surface area (Å²) < 4.78 is 0. The van der Waals surface area contributed by atoms with Crippen LogP contribution in [-0.4, -0.2) is 29.0 Å². The zero-order valence-electron chi connectivity index (χ0n) is 23.9. The average Bonchev–Trinajstić information content (AvgIpc) is 3.05. The van der Waals surface area contributed by atoms with Crippen LogP contribution in [0.1, 0.15) is 48.5 Å².